The van der Waals surface area contributed by atoms with Crippen LogP contribution in [0.15, 0.2) is 54.6 Å². The van der Waals surface area contributed by atoms with Crippen molar-refractivity contribution < 1.29 is 19.0 Å². The van der Waals surface area contributed by atoms with Gasteiger partial charge in [0.1, 0.15) is 24.7 Å². The van der Waals surface area contributed by atoms with Crippen molar-refractivity contribution in [3.05, 3.63) is 60.2 Å². The van der Waals surface area contributed by atoms with Crippen molar-refractivity contribution in [2.45, 2.75) is 32.1 Å². The van der Waals surface area contributed by atoms with Crippen LogP contribution in [0.1, 0.15) is 42.5 Å². The lowest BCUT2D eigenvalue weighted by molar-refractivity contribution is 0.0410. The summed E-state index contributed by atoms with van der Waals surface area (Å²) in [4.78, 5) is 12.1. The van der Waals surface area contributed by atoms with E-state index in [9.17, 15) is 4.79 Å². The van der Waals surface area contributed by atoms with Crippen molar-refractivity contribution in [3.8, 4) is 11.5 Å². The molecule has 0 radical (unpaired) electrons. The summed E-state index contributed by atoms with van der Waals surface area (Å²) in [6.45, 7) is 1.45. The molecule has 4 nitrogen and oxygen atoms in total. The summed E-state index contributed by atoms with van der Waals surface area (Å²) in [5.41, 5.74) is 0.564. The predicted molar refractivity (Wildman–Crippen MR) is 101 cm³/mol. The van der Waals surface area contributed by atoms with Gasteiger partial charge in [-0.25, -0.2) is 4.79 Å². The molecule has 0 unspecified atom stereocenters. The third-order valence-electron chi connectivity index (χ3n) is 4.63. The van der Waals surface area contributed by atoms with Crippen molar-refractivity contribution in [3.63, 3.8) is 0 Å². The summed E-state index contributed by atoms with van der Waals surface area (Å²) in [5, 5.41) is 0. The minimum atomic E-state index is -0.255. The molecule has 0 amide bonds. The number of hydrogen-bond acceptors (Lipinski definition) is 4. The van der Waals surface area contributed by atoms with Crippen LogP contribution in [0.2, 0.25) is 0 Å². The van der Waals surface area contributed by atoms with Gasteiger partial charge in [-0.05, 0) is 55.2 Å². The van der Waals surface area contributed by atoms with E-state index in [4.69, 9.17) is 14.2 Å². The molecule has 1 aliphatic rings. The van der Waals surface area contributed by atoms with E-state index in [0.29, 0.717) is 37.1 Å². The smallest absolute Gasteiger partial charge is 0.338 e. The maximum atomic E-state index is 12.1. The normalized spacial score (nSPS) is 14.6. The molecule has 0 saturated heterocycles. The molecule has 1 aliphatic carbocycles. The summed E-state index contributed by atoms with van der Waals surface area (Å²) < 4.78 is 16.7. The van der Waals surface area contributed by atoms with Crippen LogP contribution in [-0.4, -0.2) is 25.8 Å². The molecule has 26 heavy (non-hydrogen) atoms. The second-order valence-corrected chi connectivity index (χ2v) is 6.64. The number of hydrogen-bond donors (Lipinski definition) is 0. The van der Waals surface area contributed by atoms with Crippen LogP contribution in [-0.2, 0) is 4.74 Å². The maximum absolute atomic E-state index is 12.1. The molecular weight excluding hydrogens is 328 g/mol. The van der Waals surface area contributed by atoms with E-state index in [0.717, 1.165) is 5.75 Å². The molecule has 2 aromatic rings. The number of esters is 1. The van der Waals surface area contributed by atoms with Gasteiger partial charge in [0.2, 0.25) is 0 Å². The fourth-order valence-corrected chi connectivity index (χ4v) is 3.15. The van der Waals surface area contributed by atoms with Crippen molar-refractivity contribution in [1.29, 1.82) is 0 Å². The van der Waals surface area contributed by atoms with Gasteiger partial charge < -0.3 is 14.2 Å². The summed E-state index contributed by atoms with van der Waals surface area (Å²) >= 11 is 0. The minimum absolute atomic E-state index is 0.255. The third kappa shape index (κ3) is 5.80. The Morgan fingerprint density at radius 1 is 0.808 bits per heavy atom. The zero-order valence-electron chi connectivity index (χ0n) is 15.1. The van der Waals surface area contributed by atoms with Gasteiger partial charge in [-0.1, -0.05) is 37.5 Å². The molecule has 0 spiro atoms. The Hall–Kier alpha value is -2.49. The summed E-state index contributed by atoms with van der Waals surface area (Å²) in [6, 6.07) is 16.7. The third-order valence-corrected chi connectivity index (χ3v) is 4.63. The summed E-state index contributed by atoms with van der Waals surface area (Å²) in [6.07, 6.45) is 6.16. The van der Waals surface area contributed by atoms with Gasteiger partial charge in [-0.15, -0.1) is 0 Å². The Labute approximate surface area is 155 Å². The van der Waals surface area contributed by atoms with Crippen LogP contribution in [0.5, 0.6) is 11.5 Å². The van der Waals surface area contributed by atoms with Crippen molar-refractivity contribution in [2.24, 2.45) is 5.92 Å². The molecule has 1 saturated carbocycles. The molecule has 2 aromatic carbocycles. The molecule has 1 fully saturated rings. The first kappa shape index (κ1) is 18.3. The average Bonchev–Trinajstić information content (AvgIpc) is 2.71. The number of ether oxygens (including phenoxy) is 3. The Morgan fingerprint density at radius 2 is 1.42 bits per heavy atom. The van der Waals surface area contributed by atoms with Gasteiger partial charge in [0.15, 0.2) is 0 Å². The molecule has 0 aromatic heterocycles. The van der Waals surface area contributed by atoms with Crippen LogP contribution in [0.25, 0.3) is 0 Å². The van der Waals surface area contributed by atoms with Gasteiger partial charge in [0.05, 0.1) is 12.2 Å². The zero-order valence-corrected chi connectivity index (χ0v) is 15.1. The Balaban J connectivity index is 1.37. The number of carbonyl (C=O) groups excluding carboxylic acids is 1. The highest BCUT2D eigenvalue weighted by atomic mass is 16.5. The first-order valence-electron chi connectivity index (χ1n) is 9.39. The van der Waals surface area contributed by atoms with Crippen LogP contribution < -0.4 is 9.47 Å². The van der Waals surface area contributed by atoms with E-state index in [1.165, 1.54) is 32.1 Å². The molecule has 138 valence electrons. The second-order valence-electron chi connectivity index (χ2n) is 6.64. The summed E-state index contributed by atoms with van der Waals surface area (Å²) in [7, 11) is 0. The van der Waals surface area contributed by atoms with Crippen molar-refractivity contribution >= 4 is 5.97 Å². The van der Waals surface area contributed by atoms with Gasteiger partial charge in [0.25, 0.3) is 0 Å². The molecule has 3 rings (SSSR count). The lowest BCUT2D eigenvalue weighted by Crippen LogP contribution is -2.16. The van der Waals surface area contributed by atoms with Crippen LogP contribution >= 0.6 is 0 Å². The molecule has 0 bridgehead atoms. The molecule has 0 heterocycles. The molecule has 0 N–H and O–H groups in total. The Kier molecular flexibility index (Phi) is 6.94. The first-order chi connectivity index (χ1) is 12.8. The molecule has 0 atom stereocenters. The van der Waals surface area contributed by atoms with E-state index < -0.39 is 0 Å². The van der Waals surface area contributed by atoms with Crippen LogP contribution in [0.3, 0.4) is 0 Å². The number of para-hydroxylation sites is 1. The number of benzene rings is 2. The van der Waals surface area contributed by atoms with Gasteiger partial charge in [-0.3, -0.25) is 0 Å². The van der Waals surface area contributed by atoms with E-state index >= 15 is 0 Å². The highest BCUT2D eigenvalue weighted by Crippen LogP contribution is 2.24. The zero-order chi connectivity index (χ0) is 18.0. The summed E-state index contributed by atoms with van der Waals surface area (Å²) in [5.74, 6) is 1.81. The highest BCUT2D eigenvalue weighted by molar-refractivity contribution is 5.89. The largest absolute Gasteiger partial charge is 0.490 e. The van der Waals surface area contributed by atoms with Gasteiger partial charge in [-0.2, -0.15) is 0 Å². The number of rotatable bonds is 8. The minimum Gasteiger partial charge on any atom is -0.490 e. The average molecular weight is 354 g/mol. The van der Waals surface area contributed by atoms with E-state index in [-0.39, 0.29) is 5.97 Å². The van der Waals surface area contributed by atoms with Crippen LogP contribution in [0.4, 0.5) is 0 Å². The monoisotopic (exact) mass is 354 g/mol. The van der Waals surface area contributed by atoms with Crippen molar-refractivity contribution in [1.82, 2.24) is 0 Å². The van der Waals surface area contributed by atoms with E-state index in [2.05, 4.69) is 0 Å². The number of carbonyl (C=O) groups is 1. The van der Waals surface area contributed by atoms with Gasteiger partial charge >= 0.3 is 5.97 Å². The van der Waals surface area contributed by atoms with Crippen molar-refractivity contribution in [2.75, 3.05) is 19.8 Å². The maximum Gasteiger partial charge on any atom is 0.338 e. The van der Waals surface area contributed by atoms with E-state index in [1.54, 1.807) is 24.3 Å². The molecule has 4 heteroatoms. The lowest BCUT2D eigenvalue weighted by atomic mass is 9.90. The quantitative estimate of drug-likeness (QED) is 0.500. The SMILES string of the molecule is O=C(OCC1CCCCC1)c1ccc(OCCOc2ccccc2)cc1. The Bertz CT molecular complexity index is 660. The Morgan fingerprint density at radius 3 is 2.08 bits per heavy atom. The van der Waals surface area contributed by atoms with E-state index in [1.807, 2.05) is 30.3 Å². The first-order valence-corrected chi connectivity index (χ1v) is 9.39. The molecular formula is C22H26O4. The van der Waals surface area contributed by atoms with Crippen LogP contribution in [0, 0.1) is 5.92 Å². The fraction of sp³-hybridized carbons (Fsp3) is 0.409. The highest BCUT2D eigenvalue weighted by Gasteiger charge is 2.16. The second kappa shape index (κ2) is 9.85. The topological polar surface area (TPSA) is 44.8 Å². The fourth-order valence-electron chi connectivity index (χ4n) is 3.15. The van der Waals surface area contributed by atoms with Gasteiger partial charge in [0, 0.05) is 0 Å². The molecule has 0 aliphatic heterocycles. The lowest BCUT2D eigenvalue weighted by Gasteiger charge is -2.21. The predicted octanol–water partition coefficient (Wildman–Crippen LogP) is 4.88. The standard InChI is InChI=1S/C22H26O4/c23-22(26-17-18-7-3-1-4-8-18)19-11-13-21(14-12-19)25-16-15-24-20-9-5-2-6-10-20/h2,5-6,9-14,18H,1,3-4,7-8,15-17H2.